The zero-order chi connectivity index (χ0) is 16.7. The first-order valence-electron chi connectivity index (χ1n) is 8.50. The van der Waals surface area contributed by atoms with Crippen LogP contribution >= 0.6 is 0 Å². The molecule has 1 fully saturated rings. The predicted octanol–water partition coefficient (Wildman–Crippen LogP) is 2.96. The summed E-state index contributed by atoms with van der Waals surface area (Å²) in [6.07, 6.45) is 3.34. The van der Waals surface area contributed by atoms with Gasteiger partial charge < -0.3 is 20.1 Å². The first-order chi connectivity index (χ1) is 11.1. The lowest BCUT2D eigenvalue weighted by Gasteiger charge is -2.18. The lowest BCUT2D eigenvalue weighted by molar-refractivity contribution is -0.122. The van der Waals surface area contributed by atoms with E-state index in [1.54, 1.807) is 0 Å². The third kappa shape index (κ3) is 5.75. The largest absolute Gasteiger partial charge is 0.491 e. The summed E-state index contributed by atoms with van der Waals surface area (Å²) in [4.78, 5) is 12.0. The molecule has 1 aromatic rings. The normalized spacial score (nSPS) is 19.9. The van der Waals surface area contributed by atoms with Crippen molar-refractivity contribution in [1.82, 2.24) is 5.32 Å². The monoisotopic (exact) mass is 320 g/mol. The van der Waals surface area contributed by atoms with E-state index in [1.807, 2.05) is 38.1 Å². The minimum Gasteiger partial charge on any atom is -0.491 e. The number of ether oxygens (including phenoxy) is 2. The Kier molecular flexibility index (Phi) is 6.71. The molecule has 1 saturated heterocycles. The van der Waals surface area contributed by atoms with Crippen molar-refractivity contribution >= 4 is 11.6 Å². The summed E-state index contributed by atoms with van der Waals surface area (Å²) in [6.45, 7) is 7.36. The van der Waals surface area contributed by atoms with E-state index < -0.39 is 0 Å². The summed E-state index contributed by atoms with van der Waals surface area (Å²) in [5.41, 5.74) is 0.904. The molecular formula is C18H28N2O3. The van der Waals surface area contributed by atoms with Crippen LogP contribution in [-0.2, 0) is 9.53 Å². The smallest absolute Gasteiger partial charge is 0.242 e. The van der Waals surface area contributed by atoms with Gasteiger partial charge in [0.25, 0.3) is 0 Å². The van der Waals surface area contributed by atoms with E-state index in [1.165, 1.54) is 0 Å². The Bertz CT molecular complexity index is 484. The van der Waals surface area contributed by atoms with Crippen molar-refractivity contribution in [2.24, 2.45) is 0 Å². The number of rotatable bonds is 8. The number of hydrogen-bond donors (Lipinski definition) is 2. The Morgan fingerprint density at radius 1 is 1.35 bits per heavy atom. The fourth-order valence-corrected chi connectivity index (χ4v) is 2.40. The van der Waals surface area contributed by atoms with E-state index in [-0.39, 0.29) is 24.1 Å². The van der Waals surface area contributed by atoms with Gasteiger partial charge in [-0.2, -0.15) is 0 Å². The molecular weight excluding hydrogens is 292 g/mol. The number of nitrogens with one attached hydrogen (secondary N) is 2. The standard InChI is InChI=1S/C18H28N2O3/c1-4-13(2)19-18(21)14(3)20-15-7-9-16(10-8-15)23-12-17-6-5-11-22-17/h7-10,13-14,17,20H,4-6,11-12H2,1-3H3,(H,19,21)/t13-,14+,17-/m0/s1. The third-order valence-electron chi connectivity index (χ3n) is 4.09. The topological polar surface area (TPSA) is 59.6 Å². The Balaban J connectivity index is 1.78. The summed E-state index contributed by atoms with van der Waals surface area (Å²) in [5.74, 6) is 0.834. The fraction of sp³-hybridized carbons (Fsp3) is 0.611. The number of benzene rings is 1. The molecule has 2 rings (SSSR count). The molecule has 0 spiro atoms. The third-order valence-corrected chi connectivity index (χ3v) is 4.09. The van der Waals surface area contributed by atoms with Crippen molar-refractivity contribution in [1.29, 1.82) is 0 Å². The molecule has 1 amide bonds. The van der Waals surface area contributed by atoms with E-state index in [0.29, 0.717) is 6.61 Å². The number of carbonyl (C=O) groups excluding carboxylic acids is 1. The highest BCUT2D eigenvalue weighted by atomic mass is 16.5. The molecule has 0 unspecified atom stereocenters. The fourth-order valence-electron chi connectivity index (χ4n) is 2.40. The van der Waals surface area contributed by atoms with E-state index in [9.17, 15) is 4.79 Å². The molecule has 0 bridgehead atoms. The SMILES string of the molecule is CC[C@H](C)NC(=O)[C@@H](C)Nc1ccc(OC[C@@H]2CCCO2)cc1. The molecule has 1 aliphatic heterocycles. The Morgan fingerprint density at radius 2 is 2.09 bits per heavy atom. The molecule has 0 saturated carbocycles. The highest BCUT2D eigenvalue weighted by Crippen LogP contribution is 2.19. The first kappa shape index (κ1) is 17.6. The first-order valence-corrected chi connectivity index (χ1v) is 8.50. The maximum absolute atomic E-state index is 12.0. The number of anilines is 1. The molecule has 0 aliphatic carbocycles. The Hall–Kier alpha value is -1.75. The van der Waals surface area contributed by atoms with Crippen molar-refractivity contribution in [2.45, 2.75) is 58.2 Å². The van der Waals surface area contributed by atoms with Crippen molar-refractivity contribution in [3.05, 3.63) is 24.3 Å². The molecule has 2 N–H and O–H groups in total. The lowest BCUT2D eigenvalue weighted by atomic mass is 10.2. The molecule has 5 heteroatoms. The minimum absolute atomic E-state index is 0.0121. The van der Waals surface area contributed by atoms with Gasteiger partial charge >= 0.3 is 0 Å². The summed E-state index contributed by atoms with van der Waals surface area (Å²) in [7, 11) is 0. The van der Waals surface area contributed by atoms with Gasteiger partial charge in [0.05, 0.1) is 6.10 Å². The van der Waals surface area contributed by atoms with Gasteiger partial charge in [-0.05, 0) is 57.4 Å². The van der Waals surface area contributed by atoms with Gasteiger partial charge in [0, 0.05) is 18.3 Å². The van der Waals surface area contributed by atoms with Crippen molar-refractivity contribution in [3.63, 3.8) is 0 Å². The number of hydrogen-bond acceptors (Lipinski definition) is 4. The van der Waals surface area contributed by atoms with Gasteiger partial charge in [0.15, 0.2) is 0 Å². The van der Waals surface area contributed by atoms with Crippen LogP contribution in [0, 0.1) is 0 Å². The summed E-state index contributed by atoms with van der Waals surface area (Å²) >= 11 is 0. The second-order valence-electron chi connectivity index (χ2n) is 6.15. The van der Waals surface area contributed by atoms with Gasteiger partial charge in [0.2, 0.25) is 5.91 Å². The molecule has 128 valence electrons. The summed E-state index contributed by atoms with van der Waals surface area (Å²) < 4.78 is 11.3. The van der Waals surface area contributed by atoms with Crippen LogP contribution in [0.1, 0.15) is 40.0 Å². The molecule has 0 radical (unpaired) electrons. The van der Waals surface area contributed by atoms with Gasteiger partial charge in [-0.3, -0.25) is 4.79 Å². The van der Waals surface area contributed by atoms with E-state index in [2.05, 4.69) is 17.6 Å². The van der Waals surface area contributed by atoms with E-state index in [4.69, 9.17) is 9.47 Å². The quantitative estimate of drug-likeness (QED) is 0.773. The second kappa shape index (κ2) is 8.77. The van der Waals surface area contributed by atoms with Crippen LogP contribution in [0.15, 0.2) is 24.3 Å². The highest BCUT2D eigenvalue weighted by Gasteiger charge is 2.16. The van der Waals surface area contributed by atoms with E-state index >= 15 is 0 Å². The van der Waals surface area contributed by atoms with Crippen LogP contribution in [0.2, 0.25) is 0 Å². The van der Waals surface area contributed by atoms with Crippen LogP contribution in [-0.4, -0.2) is 37.3 Å². The minimum atomic E-state index is -0.275. The molecule has 0 aromatic heterocycles. The average Bonchev–Trinajstić information content (AvgIpc) is 3.07. The summed E-state index contributed by atoms with van der Waals surface area (Å²) in [5, 5.41) is 6.18. The molecule has 3 atom stereocenters. The Morgan fingerprint density at radius 3 is 2.70 bits per heavy atom. The van der Waals surface area contributed by atoms with Crippen LogP contribution in [0.3, 0.4) is 0 Å². The lowest BCUT2D eigenvalue weighted by Crippen LogP contribution is -2.41. The molecule has 1 heterocycles. The molecule has 23 heavy (non-hydrogen) atoms. The second-order valence-corrected chi connectivity index (χ2v) is 6.15. The maximum Gasteiger partial charge on any atom is 0.242 e. The molecule has 1 aromatic carbocycles. The Labute approximate surface area is 138 Å². The molecule has 5 nitrogen and oxygen atoms in total. The van der Waals surface area contributed by atoms with Crippen LogP contribution < -0.4 is 15.4 Å². The van der Waals surface area contributed by atoms with Gasteiger partial charge in [-0.1, -0.05) is 6.92 Å². The highest BCUT2D eigenvalue weighted by molar-refractivity contribution is 5.84. The van der Waals surface area contributed by atoms with Gasteiger partial charge in [0.1, 0.15) is 18.4 Å². The zero-order valence-corrected chi connectivity index (χ0v) is 14.3. The average molecular weight is 320 g/mol. The van der Waals surface area contributed by atoms with Crippen molar-refractivity contribution < 1.29 is 14.3 Å². The van der Waals surface area contributed by atoms with Crippen molar-refractivity contribution in [3.8, 4) is 5.75 Å². The zero-order valence-electron chi connectivity index (χ0n) is 14.3. The van der Waals surface area contributed by atoms with Crippen LogP contribution in [0.4, 0.5) is 5.69 Å². The predicted molar refractivity (Wildman–Crippen MR) is 91.9 cm³/mol. The van der Waals surface area contributed by atoms with Gasteiger partial charge in [-0.25, -0.2) is 0 Å². The van der Waals surface area contributed by atoms with Crippen LogP contribution in [0.5, 0.6) is 5.75 Å². The summed E-state index contributed by atoms with van der Waals surface area (Å²) in [6, 6.07) is 7.60. The van der Waals surface area contributed by atoms with E-state index in [0.717, 1.165) is 37.3 Å². The number of carbonyl (C=O) groups is 1. The molecule has 1 aliphatic rings. The van der Waals surface area contributed by atoms with Crippen LogP contribution in [0.25, 0.3) is 0 Å². The van der Waals surface area contributed by atoms with Gasteiger partial charge in [-0.15, -0.1) is 0 Å². The maximum atomic E-state index is 12.0. The van der Waals surface area contributed by atoms with Crippen molar-refractivity contribution in [2.75, 3.05) is 18.5 Å². The number of amides is 1.